The van der Waals surface area contributed by atoms with Gasteiger partial charge in [-0.05, 0) is 43.7 Å². The average Bonchev–Trinajstić information content (AvgIpc) is 3.15. The Hall–Kier alpha value is -3.84. The van der Waals surface area contributed by atoms with Crippen molar-refractivity contribution in [3.8, 4) is 11.3 Å². The van der Waals surface area contributed by atoms with Crippen molar-refractivity contribution < 1.29 is 4.79 Å². The van der Waals surface area contributed by atoms with Crippen LogP contribution in [0, 0.1) is 13.8 Å². The number of hydrogen-bond acceptors (Lipinski definition) is 5. The number of carbonyl (C=O) groups is 1. The van der Waals surface area contributed by atoms with E-state index in [2.05, 4.69) is 10.3 Å². The van der Waals surface area contributed by atoms with E-state index in [-0.39, 0.29) is 18.0 Å². The lowest BCUT2D eigenvalue weighted by atomic mass is 10.1. The molecule has 0 saturated carbocycles. The molecule has 32 heavy (non-hydrogen) atoms. The molecule has 3 aromatic heterocycles. The van der Waals surface area contributed by atoms with Crippen LogP contribution in [0.25, 0.3) is 31.7 Å². The van der Waals surface area contributed by atoms with E-state index in [0.717, 1.165) is 27.0 Å². The van der Waals surface area contributed by atoms with Crippen molar-refractivity contribution in [3.05, 3.63) is 88.5 Å². The molecule has 0 unspecified atom stereocenters. The number of nitrogens with one attached hydrogen (secondary N) is 1. The molecule has 0 spiro atoms. The van der Waals surface area contributed by atoms with E-state index in [1.165, 1.54) is 15.9 Å². The zero-order valence-electron chi connectivity index (χ0n) is 17.6. The number of carbonyl (C=O) groups excluding carboxylic acids is 1. The lowest BCUT2D eigenvalue weighted by molar-refractivity contribution is -0.116. The summed E-state index contributed by atoms with van der Waals surface area (Å²) in [4.78, 5) is 36.0. The van der Waals surface area contributed by atoms with Crippen LogP contribution in [0.5, 0.6) is 0 Å². The number of pyridine rings is 1. The summed E-state index contributed by atoms with van der Waals surface area (Å²) in [5.41, 5.74) is 4.02. The monoisotopic (exact) mass is 440 g/mol. The largest absolute Gasteiger partial charge is 0.325 e. The van der Waals surface area contributed by atoms with Gasteiger partial charge in [-0.2, -0.15) is 0 Å². The van der Waals surface area contributed by atoms with Gasteiger partial charge in [0.1, 0.15) is 21.9 Å². The molecule has 158 valence electrons. The van der Waals surface area contributed by atoms with Gasteiger partial charge in [0, 0.05) is 16.6 Å². The molecule has 2 aromatic carbocycles. The van der Waals surface area contributed by atoms with Gasteiger partial charge < -0.3 is 5.32 Å². The summed E-state index contributed by atoms with van der Waals surface area (Å²) < 4.78 is 1.92. The lowest BCUT2D eigenvalue weighted by Crippen LogP contribution is -2.29. The number of amides is 1. The number of fused-ring (bicyclic) bond motifs is 3. The van der Waals surface area contributed by atoms with Gasteiger partial charge in [0.2, 0.25) is 5.91 Å². The number of rotatable bonds is 4. The Morgan fingerprint density at radius 3 is 2.59 bits per heavy atom. The Bertz CT molecular complexity index is 1540. The number of anilines is 1. The molecule has 0 aliphatic heterocycles. The van der Waals surface area contributed by atoms with E-state index in [1.54, 1.807) is 6.92 Å². The standard InChI is InChI=1S/C25H20N4O2S/c1-15-7-6-10-18(13-15)27-21(30)14-29-16(2)26-22-19-11-12-20(17-8-4-3-5-9-17)28-24(19)32-23(22)25(29)31/h3-13H,14H2,1-2H3,(H,27,30). The normalized spacial score (nSPS) is 11.2. The first-order chi connectivity index (χ1) is 15.5. The number of benzene rings is 2. The molecule has 5 rings (SSSR count). The summed E-state index contributed by atoms with van der Waals surface area (Å²) in [5.74, 6) is 0.223. The summed E-state index contributed by atoms with van der Waals surface area (Å²) in [6.07, 6.45) is 0. The molecule has 0 aliphatic carbocycles. The predicted octanol–water partition coefficient (Wildman–Crippen LogP) is 4.93. The summed E-state index contributed by atoms with van der Waals surface area (Å²) in [6, 6.07) is 21.4. The molecule has 0 radical (unpaired) electrons. The topological polar surface area (TPSA) is 76.9 Å². The molecule has 0 fully saturated rings. The average molecular weight is 441 g/mol. The SMILES string of the molecule is Cc1cccc(NC(=O)Cn2c(C)nc3c(sc4nc(-c5ccccc5)ccc43)c2=O)c1. The highest BCUT2D eigenvalue weighted by atomic mass is 32.1. The molecule has 0 saturated heterocycles. The summed E-state index contributed by atoms with van der Waals surface area (Å²) in [7, 11) is 0. The number of hydrogen-bond donors (Lipinski definition) is 1. The minimum Gasteiger partial charge on any atom is -0.325 e. The molecular weight excluding hydrogens is 420 g/mol. The van der Waals surface area contributed by atoms with Gasteiger partial charge in [-0.25, -0.2) is 9.97 Å². The predicted molar refractivity (Wildman–Crippen MR) is 129 cm³/mol. The van der Waals surface area contributed by atoms with Crippen molar-refractivity contribution in [2.24, 2.45) is 0 Å². The van der Waals surface area contributed by atoms with Crippen LogP contribution < -0.4 is 10.9 Å². The fourth-order valence-corrected chi connectivity index (χ4v) is 4.80. The van der Waals surface area contributed by atoms with Crippen LogP contribution in [0.15, 0.2) is 71.5 Å². The first kappa shape index (κ1) is 20.1. The Labute approximate surface area is 188 Å². The number of nitrogens with zero attached hydrogens (tertiary/aromatic N) is 3. The summed E-state index contributed by atoms with van der Waals surface area (Å²) in [5, 5.41) is 3.70. The van der Waals surface area contributed by atoms with Crippen LogP contribution in [0.3, 0.4) is 0 Å². The van der Waals surface area contributed by atoms with Crippen LogP contribution in [-0.4, -0.2) is 20.4 Å². The van der Waals surface area contributed by atoms with Crippen molar-refractivity contribution in [3.63, 3.8) is 0 Å². The zero-order valence-corrected chi connectivity index (χ0v) is 18.4. The van der Waals surface area contributed by atoms with Crippen molar-refractivity contribution in [2.75, 3.05) is 5.32 Å². The second-order valence-corrected chi connectivity index (χ2v) is 8.66. The maximum atomic E-state index is 13.2. The summed E-state index contributed by atoms with van der Waals surface area (Å²) >= 11 is 1.31. The van der Waals surface area contributed by atoms with Crippen LogP contribution in [0.2, 0.25) is 0 Å². The van der Waals surface area contributed by atoms with Gasteiger partial charge in [0.25, 0.3) is 5.56 Å². The van der Waals surface area contributed by atoms with Crippen LogP contribution in [-0.2, 0) is 11.3 Å². The molecule has 5 aromatic rings. The van der Waals surface area contributed by atoms with Gasteiger partial charge in [-0.1, -0.05) is 42.5 Å². The first-order valence-corrected chi connectivity index (χ1v) is 11.0. The zero-order chi connectivity index (χ0) is 22.2. The van der Waals surface area contributed by atoms with Gasteiger partial charge in [-0.15, -0.1) is 11.3 Å². The van der Waals surface area contributed by atoms with E-state index in [4.69, 9.17) is 4.98 Å². The molecule has 6 nitrogen and oxygen atoms in total. The molecule has 0 aliphatic rings. The maximum absolute atomic E-state index is 13.2. The minimum absolute atomic E-state index is 0.0987. The fraction of sp³-hybridized carbons (Fsp3) is 0.120. The minimum atomic E-state index is -0.271. The Morgan fingerprint density at radius 2 is 1.81 bits per heavy atom. The van der Waals surface area contributed by atoms with E-state index in [9.17, 15) is 9.59 Å². The van der Waals surface area contributed by atoms with Crippen molar-refractivity contribution in [1.29, 1.82) is 0 Å². The Kier molecular flexibility index (Phi) is 5.03. The number of thiophene rings is 1. The second kappa shape index (κ2) is 8.01. The third-order valence-corrected chi connectivity index (χ3v) is 6.38. The molecule has 1 N–H and O–H groups in total. The van der Waals surface area contributed by atoms with Crippen molar-refractivity contribution >= 4 is 43.4 Å². The molecule has 0 bridgehead atoms. The highest BCUT2D eigenvalue weighted by Gasteiger charge is 2.17. The van der Waals surface area contributed by atoms with E-state index >= 15 is 0 Å². The second-order valence-electron chi connectivity index (χ2n) is 7.66. The molecule has 7 heteroatoms. The fourth-order valence-electron chi connectivity index (χ4n) is 3.74. The number of aryl methyl sites for hydroxylation is 2. The molecule has 1 amide bonds. The van der Waals surface area contributed by atoms with Crippen molar-refractivity contribution in [2.45, 2.75) is 20.4 Å². The van der Waals surface area contributed by atoms with Gasteiger partial charge >= 0.3 is 0 Å². The van der Waals surface area contributed by atoms with E-state index in [0.29, 0.717) is 21.7 Å². The molecule has 3 heterocycles. The van der Waals surface area contributed by atoms with Crippen LogP contribution >= 0.6 is 11.3 Å². The Balaban J connectivity index is 1.52. The van der Waals surface area contributed by atoms with Crippen molar-refractivity contribution in [1.82, 2.24) is 14.5 Å². The highest BCUT2D eigenvalue weighted by Crippen LogP contribution is 2.31. The number of aromatic nitrogens is 3. The van der Waals surface area contributed by atoms with Gasteiger partial charge in [-0.3, -0.25) is 14.2 Å². The van der Waals surface area contributed by atoms with Gasteiger partial charge in [0.15, 0.2) is 0 Å². The highest BCUT2D eigenvalue weighted by molar-refractivity contribution is 7.25. The van der Waals surface area contributed by atoms with Crippen LogP contribution in [0.4, 0.5) is 5.69 Å². The maximum Gasteiger partial charge on any atom is 0.272 e. The third kappa shape index (κ3) is 3.67. The lowest BCUT2D eigenvalue weighted by Gasteiger charge is -2.10. The van der Waals surface area contributed by atoms with E-state index in [1.807, 2.05) is 73.7 Å². The molecule has 0 atom stereocenters. The third-order valence-electron chi connectivity index (χ3n) is 5.31. The quantitative estimate of drug-likeness (QED) is 0.430. The Morgan fingerprint density at radius 1 is 1.00 bits per heavy atom. The van der Waals surface area contributed by atoms with Gasteiger partial charge in [0.05, 0.1) is 11.2 Å². The summed E-state index contributed by atoms with van der Waals surface area (Å²) in [6.45, 7) is 3.61. The first-order valence-electron chi connectivity index (χ1n) is 10.2. The molecular formula is C25H20N4O2S. The van der Waals surface area contributed by atoms with E-state index < -0.39 is 0 Å². The van der Waals surface area contributed by atoms with Crippen LogP contribution in [0.1, 0.15) is 11.4 Å². The smallest absolute Gasteiger partial charge is 0.272 e.